The number of benzene rings is 1. The van der Waals surface area contributed by atoms with Crippen molar-refractivity contribution in [3.8, 4) is 0 Å². The Kier molecular flexibility index (Phi) is 4.28. The van der Waals surface area contributed by atoms with Crippen LogP contribution in [-0.2, 0) is 20.5 Å². The Morgan fingerprint density at radius 2 is 1.43 bits per heavy atom. The summed E-state index contributed by atoms with van der Waals surface area (Å²) < 4.78 is 36.0. The normalized spacial score (nSPS) is 24.8. The van der Waals surface area contributed by atoms with E-state index in [9.17, 15) is 13.0 Å². The highest BCUT2D eigenvalue weighted by Gasteiger charge is 2.62. The van der Waals surface area contributed by atoms with Crippen LogP contribution < -0.4 is 0 Å². The van der Waals surface area contributed by atoms with E-state index in [4.69, 9.17) is 0 Å². The molecule has 2 unspecified atom stereocenters. The fourth-order valence-electron chi connectivity index (χ4n) is 3.30. The van der Waals surface area contributed by atoms with Crippen LogP contribution in [0.2, 0.25) is 0 Å². The molecule has 9 nitrogen and oxygen atoms in total. The zero-order valence-electron chi connectivity index (χ0n) is 14.5. The molecular formula is C18H16N6O3S. The van der Waals surface area contributed by atoms with Gasteiger partial charge in [-0.2, -0.15) is 38.4 Å². The predicted octanol–water partition coefficient (Wildman–Crippen LogP) is 1.65. The summed E-state index contributed by atoms with van der Waals surface area (Å²) >= 11 is 0. The van der Waals surface area contributed by atoms with Crippen molar-refractivity contribution in [2.45, 2.75) is 10.4 Å². The van der Waals surface area contributed by atoms with Crippen molar-refractivity contribution in [3.63, 3.8) is 0 Å². The van der Waals surface area contributed by atoms with E-state index in [2.05, 4.69) is 20.4 Å². The largest absolute Gasteiger partial charge is 0.300 e. The number of allylic oxidation sites excluding steroid dienone is 4. The topological polar surface area (TPSA) is 116 Å². The molecule has 0 radical (unpaired) electrons. The van der Waals surface area contributed by atoms with E-state index in [1.807, 2.05) is 30.3 Å². The first-order chi connectivity index (χ1) is 13.5. The van der Waals surface area contributed by atoms with Gasteiger partial charge in [-0.15, -0.1) is 0 Å². The van der Waals surface area contributed by atoms with Gasteiger partial charge in [0.05, 0.1) is 24.8 Å². The molecule has 4 rings (SSSR count). The number of hydrogen-bond donors (Lipinski definition) is 1. The highest BCUT2D eigenvalue weighted by atomic mass is 32.2. The molecule has 1 aliphatic rings. The summed E-state index contributed by atoms with van der Waals surface area (Å²) in [7, 11) is -4.80. The lowest BCUT2D eigenvalue weighted by Gasteiger charge is -2.42. The van der Waals surface area contributed by atoms with Gasteiger partial charge in [0, 0.05) is 0 Å². The van der Waals surface area contributed by atoms with Gasteiger partial charge in [-0.1, -0.05) is 48.6 Å². The van der Waals surface area contributed by atoms with Gasteiger partial charge < -0.3 is 0 Å². The second-order valence-electron chi connectivity index (χ2n) is 6.10. The summed E-state index contributed by atoms with van der Waals surface area (Å²) in [5.41, 5.74) is -0.747. The Balaban J connectivity index is 2.04. The van der Waals surface area contributed by atoms with Crippen LogP contribution in [0.4, 0.5) is 0 Å². The molecule has 0 spiro atoms. The van der Waals surface area contributed by atoms with E-state index in [0.717, 1.165) is 10.4 Å². The number of hydrogen-bond acceptors (Lipinski definition) is 6. The van der Waals surface area contributed by atoms with E-state index in [-0.39, 0.29) is 0 Å². The van der Waals surface area contributed by atoms with Gasteiger partial charge in [0.25, 0.3) is 15.0 Å². The molecule has 142 valence electrons. The smallest absolute Gasteiger partial charge is 0.283 e. The zero-order chi connectivity index (χ0) is 19.7. The maximum Gasteiger partial charge on any atom is 0.300 e. The average molecular weight is 396 g/mol. The minimum atomic E-state index is -4.80. The minimum absolute atomic E-state index is 0.828. The third-order valence-electron chi connectivity index (χ3n) is 4.55. The van der Waals surface area contributed by atoms with Crippen LogP contribution in [0.3, 0.4) is 0 Å². The first-order valence-electron chi connectivity index (χ1n) is 8.32. The Hall–Kier alpha value is -3.37. The lowest BCUT2D eigenvalue weighted by molar-refractivity contribution is 0.193. The molecule has 2 heterocycles. The second kappa shape index (κ2) is 6.66. The van der Waals surface area contributed by atoms with Gasteiger partial charge in [0.1, 0.15) is 0 Å². The van der Waals surface area contributed by atoms with Crippen molar-refractivity contribution < 1.29 is 13.0 Å². The van der Waals surface area contributed by atoms with E-state index in [1.54, 1.807) is 24.3 Å². The molecule has 10 heteroatoms. The van der Waals surface area contributed by atoms with Gasteiger partial charge in [0.2, 0.25) is 0 Å². The molecule has 1 N–H and O–H groups in total. The Morgan fingerprint density at radius 1 is 0.857 bits per heavy atom. The molecule has 2 aromatic heterocycles. The van der Waals surface area contributed by atoms with E-state index < -0.39 is 20.5 Å². The van der Waals surface area contributed by atoms with Gasteiger partial charge in [-0.25, -0.2) is 0 Å². The zero-order valence-corrected chi connectivity index (χ0v) is 15.3. The minimum Gasteiger partial charge on any atom is -0.283 e. The molecule has 3 aromatic rings. The summed E-state index contributed by atoms with van der Waals surface area (Å²) in [5.74, 6) is 0. The fraction of sp³-hybridized carbons (Fsp3) is 0.111. The molecular weight excluding hydrogens is 380 g/mol. The highest BCUT2D eigenvalue weighted by Crippen LogP contribution is 2.45. The molecule has 0 bridgehead atoms. The maximum absolute atomic E-state index is 12.8. The fourth-order valence-corrected chi connectivity index (χ4v) is 4.48. The number of aromatic nitrogens is 6. The van der Waals surface area contributed by atoms with Crippen molar-refractivity contribution in [2.24, 2.45) is 0 Å². The van der Waals surface area contributed by atoms with Crippen LogP contribution in [0.5, 0.6) is 0 Å². The Bertz CT molecular complexity index is 1140. The molecule has 2 atom stereocenters. The lowest BCUT2D eigenvalue weighted by atomic mass is 9.85. The van der Waals surface area contributed by atoms with Crippen LogP contribution in [0.25, 0.3) is 6.08 Å². The van der Waals surface area contributed by atoms with Crippen molar-refractivity contribution in [1.29, 1.82) is 0 Å². The second-order valence-corrected chi connectivity index (χ2v) is 7.67. The predicted molar refractivity (Wildman–Crippen MR) is 101 cm³/mol. The molecule has 0 aliphatic heterocycles. The molecule has 1 aliphatic carbocycles. The summed E-state index contributed by atoms with van der Waals surface area (Å²) in [6.07, 6.45) is 14.9. The first kappa shape index (κ1) is 18.0. The molecule has 0 saturated carbocycles. The third-order valence-corrected chi connectivity index (χ3v) is 5.96. The van der Waals surface area contributed by atoms with Crippen LogP contribution in [0, 0.1) is 0 Å². The Labute approximate surface area is 161 Å². The lowest BCUT2D eigenvalue weighted by Crippen LogP contribution is -2.60. The summed E-state index contributed by atoms with van der Waals surface area (Å²) in [4.78, 5) is 0.0210. The van der Waals surface area contributed by atoms with Gasteiger partial charge in [0.15, 0.2) is 5.54 Å². The Morgan fingerprint density at radius 3 is 2.04 bits per heavy atom. The first-order valence-corrected chi connectivity index (χ1v) is 9.76. The molecule has 0 saturated heterocycles. The van der Waals surface area contributed by atoms with Gasteiger partial charge in [-0.05, 0) is 23.8 Å². The summed E-state index contributed by atoms with van der Waals surface area (Å²) in [6, 6.07) is 9.33. The molecule has 28 heavy (non-hydrogen) atoms. The molecule has 1 aromatic carbocycles. The van der Waals surface area contributed by atoms with Crippen molar-refractivity contribution in [3.05, 3.63) is 91.1 Å². The van der Waals surface area contributed by atoms with Crippen molar-refractivity contribution >= 4 is 16.2 Å². The maximum atomic E-state index is 12.8. The third kappa shape index (κ3) is 2.62. The SMILES string of the molecule is O=S(=O)(O)C1(n2nccn2)C=CC=CC1(/C=C/c1ccccc1)n1nccn1. The average Bonchev–Trinajstić information content (AvgIpc) is 3.40. The van der Waals surface area contributed by atoms with Crippen LogP contribution in [0.1, 0.15) is 5.56 Å². The van der Waals surface area contributed by atoms with E-state index in [1.165, 1.54) is 41.7 Å². The van der Waals surface area contributed by atoms with Crippen LogP contribution >= 0.6 is 0 Å². The van der Waals surface area contributed by atoms with Gasteiger partial charge in [-0.3, -0.25) is 4.55 Å². The van der Waals surface area contributed by atoms with E-state index >= 15 is 0 Å². The quantitative estimate of drug-likeness (QED) is 0.652. The van der Waals surface area contributed by atoms with Gasteiger partial charge >= 0.3 is 0 Å². The number of rotatable bonds is 5. The summed E-state index contributed by atoms with van der Waals surface area (Å²) in [6.45, 7) is 0. The van der Waals surface area contributed by atoms with Crippen LogP contribution in [-0.4, -0.2) is 43.0 Å². The standard InChI is InChI=1S/C18H16N6O3S/c25-28(26,27)18(24-21-14-15-22-24)10-5-4-9-17(18,23-19-12-13-20-23)11-8-16-6-2-1-3-7-16/h1-15H,(H,25,26,27)/b11-8+. The van der Waals surface area contributed by atoms with Crippen molar-refractivity contribution in [2.75, 3.05) is 0 Å². The summed E-state index contributed by atoms with van der Waals surface area (Å²) in [5, 5.41) is 16.4. The van der Waals surface area contributed by atoms with E-state index in [0.29, 0.717) is 0 Å². The molecule has 0 amide bonds. The van der Waals surface area contributed by atoms with Crippen LogP contribution in [0.15, 0.2) is 85.5 Å². The van der Waals surface area contributed by atoms with Crippen molar-refractivity contribution in [1.82, 2.24) is 30.0 Å². The monoisotopic (exact) mass is 396 g/mol. The number of nitrogens with zero attached hydrogens (tertiary/aromatic N) is 6. The highest BCUT2D eigenvalue weighted by molar-refractivity contribution is 7.86. The molecule has 0 fully saturated rings.